The van der Waals surface area contributed by atoms with E-state index in [1.807, 2.05) is 6.92 Å². The molecule has 78 valence electrons. The zero-order chi connectivity index (χ0) is 10.0. The minimum absolute atomic E-state index is 0. The molecule has 3 unspecified atom stereocenters. The number of rotatable bonds is 2. The first-order valence-corrected chi connectivity index (χ1v) is 4.48. The van der Waals surface area contributed by atoms with Gasteiger partial charge in [-0.1, -0.05) is 6.92 Å². The summed E-state index contributed by atoms with van der Waals surface area (Å²) in [4.78, 5) is 21.5. The van der Waals surface area contributed by atoms with Gasteiger partial charge in [-0.25, -0.2) is 0 Å². The van der Waals surface area contributed by atoms with Crippen LogP contribution in [0.2, 0.25) is 0 Å². The fraction of sp³-hybridized carbons (Fsp3) is 0.778. The van der Waals surface area contributed by atoms with E-state index in [4.69, 9.17) is 10.2 Å². The smallest absolute Gasteiger partial charge is 1.00 e. The Balaban J connectivity index is -0.000000211. The number of carboxylic acid groups (broad SMARTS) is 2. The topological polar surface area (TPSA) is 74.6 Å². The number of carbonyl (C=O) groups is 2. The Morgan fingerprint density at radius 3 is 1.93 bits per heavy atom. The summed E-state index contributed by atoms with van der Waals surface area (Å²) in [5.41, 5.74) is 0. The maximum absolute atomic E-state index is 10.8. The van der Waals surface area contributed by atoms with Gasteiger partial charge in [0.05, 0.1) is 11.8 Å². The molecule has 1 aliphatic carbocycles. The summed E-state index contributed by atoms with van der Waals surface area (Å²) in [5, 5.41) is 17.6. The fourth-order valence-corrected chi connectivity index (χ4v) is 1.95. The number of hydrogen-bond donors (Lipinski definition) is 2. The van der Waals surface area contributed by atoms with E-state index in [1.54, 1.807) is 0 Å². The van der Waals surface area contributed by atoms with Crippen LogP contribution in [-0.2, 0) is 9.59 Å². The van der Waals surface area contributed by atoms with Crippen molar-refractivity contribution in [2.45, 2.75) is 26.2 Å². The molecule has 0 aliphatic heterocycles. The van der Waals surface area contributed by atoms with Crippen molar-refractivity contribution in [3.05, 3.63) is 0 Å². The molecular formula is C9H16Na2O4. The van der Waals surface area contributed by atoms with Crippen LogP contribution in [0.15, 0.2) is 0 Å². The van der Waals surface area contributed by atoms with E-state index < -0.39 is 23.8 Å². The summed E-state index contributed by atoms with van der Waals surface area (Å²) in [7, 11) is 0. The predicted molar refractivity (Wildman–Crippen MR) is 47.5 cm³/mol. The molecule has 2 N–H and O–H groups in total. The van der Waals surface area contributed by atoms with Gasteiger partial charge in [-0.15, -0.1) is 0 Å². The molecule has 1 fully saturated rings. The standard InChI is InChI=1S/C9H14O4.2Na.2H/c1-5-2-3-6(8(10)11)7(4-5)9(12)13;;;;/h5-7H,2-4H2,1H3,(H,10,11)(H,12,13);;;;/q;2*+1;2*-1. The number of aliphatic carboxylic acids is 2. The second-order valence-electron chi connectivity index (χ2n) is 3.81. The maximum Gasteiger partial charge on any atom is 1.00 e. The summed E-state index contributed by atoms with van der Waals surface area (Å²) in [6.07, 6.45) is 1.81. The van der Waals surface area contributed by atoms with Gasteiger partial charge in [-0.2, -0.15) is 0 Å². The SMILES string of the molecule is CC1CCC(C(=O)O)C(C(=O)O)C1.[H-].[H-].[Na+].[Na+]. The van der Waals surface area contributed by atoms with Crippen molar-refractivity contribution in [2.24, 2.45) is 17.8 Å². The second kappa shape index (κ2) is 8.09. The Morgan fingerprint density at radius 2 is 1.53 bits per heavy atom. The molecule has 1 saturated carbocycles. The van der Waals surface area contributed by atoms with E-state index >= 15 is 0 Å². The summed E-state index contributed by atoms with van der Waals surface area (Å²) in [6, 6.07) is 0. The van der Waals surface area contributed by atoms with Gasteiger partial charge in [0.25, 0.3) is 0 Å². The van der Waals surface area contributed by atoms with Crippen molar-refractivity contribution < 1.29 is 81.8 Å². The largest absolute Gasteiger partial charge is 1.00 e. The Hall–Kier alpha value is 0.940. The van der Waals surface area contributed by atoms with E-state index in [2.05, 4.69) is 0 Å². The quantitative estimate of drug-likeness (QED) is 0.472. The van der Waals surface area contributed by atoms with Gasteiger partial charge in [-0.3, -0.25) is 9.59 Å². The van der Waals surface area contributed by atoms with E-state index in [-0.39, 0.29) is 62.0 Å². The van der Waals surface area contributed by atoms with E-state index in [0.717, 1.165) is 6.42 Å². The first-order chi connectivity index (χ1) is 6.02. The second-order valence-corrected chi connectivity index (χ2v) is 3.81. The van der Waals surface area contributed by atoms with Gasteiger partial charge in [0, 0.05) is 0 Å². The molecule has 15 heavy (non-hydrogen) atoms. The van der Waals surface area contributed by atoms with Crippen molar-refractivity contribution in [2.75, 3.05) is 0 Å². The fourth-order valence-electron chi connectivity index (χ4n) is 1.95. The van der Waals surface area contributed by atoms with E-state index in [9.17, 15) is 9.59 Å². The minimum atomic E-state index is -0.973. The van der Waals surface area contributed by atoms with Crippen molar-refractivity contribution in [3.8, 4) is 0 Å². The summed E-state index contributed by atoms with van der Waals surface area (Å²) >= 11 is 0. The van der Waals surface area contributed by atoms with Crippen LogP contribution in [0.5, 0.6) is 0 Å². The molecule has 0 amide bonds. The molecule has 0 aromatic rings. The van der Waals surface area contributed by atoms with Gasteiger partial charge < -0.3 is 13.1 Å². The van der Waals surface area contributed by atoms with Gasteiger partial charge in [0.1, 0.15) is 0 Å². The third-order valence-corrected chi connectivity index (χ3v) is 2.75. The zero-order valence-electron chi connectivity index (χ0n) is 11.6. The van der Waals surface area contributed by atoms with Gasteiger partial charge >= 0.3 is 71.1 Å². The number of hydrogen-bond acceptors (Lipinski definition) is 2. The number of carboxylic acids is 2. The van der Waals surface area contributed by atoms with Crippen molar-refractivity contribution in [1.29, 1.82) is 0 Å². The van der Waals surface area contributed by atoms with Crippen molar-refractivity contribution >= 4 is 11.9 Å². The Morgan fingerprint density at radius 1 is 1.07 bits per heavy atom. The summed E-state index contributed by atoms with van der Waals surface area (Å²) in [5.74, 6) is -3.00. The van der Waals surface area contributed by atoms with Crippen LogP contribution in [0.3, 0.4) is 0 Å². The van der Waals surface area contributed by atoms with Crippen LogP contribution in [0.4, 0.5) is 0 Å². The molecule has 1 aliphatic rings. The molecule has 0 aromatic carbocycles. The molecule has 0 saturated heterocycles. The Bertz CT molecular complexity index is 241. The molecule has 3 atom stereocenters. The molecule has 0 heterocycles. The Kier molecular flexibility index (Phi) is 9.88. The van der Waals surface area contributed by atoms with Crippen molar-refractivity contribution in [3.63, 3.8) is 0 Å². The maximum atomic E-state index is 10.8. The Labute approximate surface area is 136 Å². The van der Waals surface area contributed by atoms with Crippen LogP contribution in [0, 0.1) is 17.8 Å². The molecule has 0 radical (unpaired) electrons. The van der Waals surface area contributed by atoms with Gasteiger partial charge in [-0.05, 0) is 25.2 Å². The van der Waals surface area contributed by atoms with Gasteiger partial charge in [0.2, 0.25) is 0 Å². The van der Waals surface area contributed by atoms with E-state index in [1.165, 1.54) is 0 Å². The summed E-state index contributed by atoms with van der Waals surface area (Å²) in [6.45, 7) is 1.97. The summed E-state index contributed by atoms with van der Waals surface area (Å²) < 4.78 is 0. The monoisotopic (exact) mass is 234 g/mol. The average Bonchev–Trinajstić information content (AvgIpc) is 2.03. The van der Waals surface area contributed by atoms with Crippen LogP contribution in [-0.4, -0.2) is 22.2 Å². The molecular weight excluding hydrogens is 218 g/mol. The average molecular weight is 234 g/mol. The van der Waals surface area contributed by atoms with Crippen LogP contribution in [0.1, 0.15) is 29.0 Å². The predicted octanol–water partition coefficient (Wildman–Crippen LogP) is -4.56. The van der Waals surface area contributed by atoms with Crippen molar-refractivity contribution in [1.82, 2.24) is 0 Å². The van der Waals surface area contributed by atoms with Crippen LogP contribution >= 0.6 is 0 Å². The molecule has 6 heteroatoms. The normalized spacial score (nSPS) is 29.5. The first-order valence-electron chi connectivity index (χ1n) is 4.48. The third kappa shape index (κ3) is 5.20. The molecule has 0 spiro atoms. The van der Waals surface area contributed by atoms with E-state index in [0.29, 0.717) is 18.8 Å². The third-order valence-electron chi connectivity index (χ3n) is 2.75. The molecule has 0 bridgehead atoms. The molecule has 4 nitrogen and oxygen atoms in total. The van der Waals surface area contributed by atoms with Crippen LogP contribution < -0.4 is 59.1 Å². The molecule has 0 aromatic heterocycles. The molecule has 1 rings (SSSR count). The minimum Gasteiger partial charge on any atom is -1.00 e. The van der Waals surface area contributed by atoms with Crippen LogP contribution in [0.25, 0.3) is 0 Å². The van der Waals surface area contributed by atoms with Gasteiger partial charge in [0.15, 0.2) is 0 Å². The first kappa shape index (κ1) is 18.3. The zero-order valence-corrected chi connectivity index (χ0v) is 13.6.